The summed E-state index contributed by atoms with van der Waals surface area (Å²) < 4.78 is 26.6. The van der Waals surface area contributed by atoms with E-state index in [2.05, 4.69) is 162 Å². The molecular weight excluding hydrogens is 2250 g/mol. The summed E-state index contributed by atoms with van der Waals surface area (Å²) in [5.41, 5.74) is 23.1. The Kier molecular flexibility index (Phi) is 48.3. The number of aliphatic hydroxyl groups excluding tert-OH is 4. The number of ether oxygens (including phenoxy) is 5. The predicted molar refractivity (Wildman–Crippen MR) is 480 cm³/mol. The van der Waals surface area contributed by atoms with Crippen molar-refractivity contribution < 1.29 is 144 Å². The third kappa shape index (κ3) is 35.7. The van der Waals surface area contributed by atoms with Gasteiger partial charge in [-0.1, -0.05) is 123 Å². The molecule has 17 nitrogen and oxygen atoms in total. The Morgan fingerprint density at radius 1 is 0.393 bits per heavy atom. The number of rotatable bonds is 16. The van der Waals surface area contributed by atoms with Crippen LogP contribution in [0.2, 0.25) is 0 Å². The molecule has 0 aliphatic carbocycles. The predicted octanol–water partition coefficient (Wildman–Crippen LogP) is 24.1. The molecule has 0 spiro atoms. The Hall–Kier alpha value is -10.2. The summed E-state index contributed by atoms with van der Waals surface area (Å²) in [5.74, 6) is 4.34. The Morgan fingerprint density at radius 2 is 0.746 bits per heavy atom. The van der Waals surface area contributed by atoms with E-state index >= 15 is 0 Å². The summed E-state index contributed by atoms with van der Waals surface area (Å²) in [6.07, 6.45) is 6.54. The number of ketones is 4. The average Bonchev–Trinajstić information content (AvgIpc) is 0.802. The first-order valence-electron chi connectivity index (χ1n) is 38.7. The molecule has 0 aliphatic rings. The first-order chi connectivity index (χ1) is 55.7. The number of pyridine rings is 4. The fraction of sp³-hybridized carbons (Fsp3) is 0.287. The SMILES string of the molecule is CC(=O)C=C(C)O.CC(=O)C=C(C)O.CC(=O)C=C(C)O.CC(=O)C=C(C)O.CCc1cc2cc(OC)ccc2nc1-c1[c-]c(C)cc(C)c1.CCc1cc2cc(OC)ccc2nc1-c1[c-]ccc(C(C)(C)C)c1.COc1cc[c-]c(-c2nc3ccc(OC)cc3cc2C(C)C)c1.COc1ccc2nc(-c3[c-]cc(C)cc3C)c(C)cc2c1.[Ir].[Ir].[Ir].[Ir]. The van der Waals surface area contributed by atoms with Crippen molar-refractivity contribution in [1.29, 1.82) is 0 Å². The first-order valence-corrected chi connectivity index (χ1v) is 38.7. The summed E-state index contributed by atoms with van der Waals surface area (Å²) >= 11 is 0. The molecule has 656 valence electrons. The Balaban J connectivity index is 0.000000728. The molecule has 0 saturated carbocycles. The molecule has 0 aliphatic heterocycles. The quantitative estimate of drug-likeness (QED) is 0.0399. The number of hydrogen-bond donors (Lipinski definition) is 4. The van der Waals surface area contributed by atoms with Crippen LogP contribution >= 0.6 is 0 Å². The monoisotopic (exact) mass is 2360 g/mol. The summed E-state index contributed by atoms with van der Waals surface area (Å²) in [7, 11) is 8.41. The van der Waals surface area contributed by atoms with Crippen LogP contribution in [0.5, 0.6) is 28.7 Å². The second-order valence-corrected chi connectivity index (χ2v) is 29.6. The van der Waals surface area contributed by atoms with Gasteiger partial charge >= 0.3 is 0 Å². The van der Waals surface area contributed by atoms with Crippen molar-refractivity contribution in [2.45, 2.75) is 163 Å². The van der Waals surface area contributed by atoms with Crippen molar-refractivity contribution in [1.82, 2.24) is 19.9 Å². The van der Waals surface area contributed by atoms with Crippen LogP contribution in [0.3, 0.4) is 0 Å². The van der Waals surface area contributed by atoms with E-state index in [-0.39, 0.29) is 132 Å². The van der Waals surface area contributed by atoms with Gasteiger partial charge in [0.05, 0.1) is 80.7 Å². The molecule has 0 fully saturated rings. The molecule has 4 radical (unpaired) electrons. The zero-order chi connectivity index (χ0) is 87.8. The van der Waals surface area contributed by atoms with Crippen LogP contribution in [0.4, 0.5) is 0 Å². The van der Waals surface area contributed by atoms with Gasteiger partial charge in [-0.3, -0.25) is 39.1 Å². The van der Waals surface area contributed by atoms with Gasteiger partial charge in [0.25, 0.3) is 0 Å². The molecule has 0 atom stereocenters. The van der Waals surface area contributed by atoms with Crippen molar-refractivity contribution in [3.05, 3.63) is 279 Å². The van der Waals surface area contributed by atoms with E-state index < -0.39 is 0 Å². The maximum Gasteiger partial charge on any atom is 0.155 e. The number of hydrogen-bond acceptors (Lipinski definition) is 17. The van der Waals surface area contributed by atoms with E-state index in [9.17, 15) is 19.2 Å². The second kappa shape index (κ2) is 53.7. The summed E-state index contributed by atoms with van der Waals surface area (Å²) in [6.45, 7) is 37.2. The third-order valence-electron chi connectivity index (χ3n) is 17.6. The normalized spacial score (nSPS) is 10.8. The molecule has 4 N–H and O–H groups in total. The molecule has 0 unspecified atom stereocenters. The Morgan fingerprint density at radius 3 is 1.09 bits per heavy atom. The van der Waals surface area contributed by atoms with E-state index in [1.165, 1.54) is 119 Å². The number of carbonyl (C=O) groups excluding carboxylic acids is 4. The average molecular weight is 2360 g/mol. The molecule has 0 saturated heterocycles. The number of carbonyl (C=O) groups is 4. The zero-order valence-electron chi connectivity index (χ0n) is 74.4. The number of benzene rings is 8. The molecule has 4 heterocycles. The van der Waals surface area contributed by atoms with Gasteiger partial charge in [0.2, 0.25) is 0 Å². The van der Waals surface area contributed by atoms with Crippen LogP contribution < -0.4 is 23.7 Å². The zero-order valence-corrected chi connectivity index (χ0v) is 84.0. The van der Waals surface area contributed by atoms with Gasteiger partial charge in [-0.25, -0.2) is 0 Å². The first kappa shape index (κ1) is 110. The number of methoxy groups -OCH3 is 5. The van der Waals surface area contributed by atoms with Gasteiger partial charge in [0, 0.05) is 132 Å². The number of allylic oxidation sites excluding steroid dienone is 8. The van der Waals surface area contributed by atoms with Crippen molar-refractivity contribution in [2.75, 3.05) is 35.5 Å². The molecule has 4 aromatic heterocycles. The van der Waals surface area contributed by atoms with Gasteiger partial charge in [-0.05, 0) is 182 Å². The number of nitrogens with zero attached hydrogens (tertiary/aromatic N) is 4. The smallest absolute Gasteiger partial charge is 0.155 e. The van der Waals surface area contributed by atoms with Gasteiger partial charge in [0.15, 0.2) is 23.1 Å². The fourth-order valence-electron chi connectivity index (χ4n) is 12.2. The molecule has 8 aromatic carbocycles. The second-order valence-electron chi connectivity index (χ2n) is 29.6. The molecule has 21 heteroatoms. The Bertz CT molecular complexity index is 5480. The fourth-order valence-corrected chi connectivity index (χ4v) is 12.2. The van der Waals surface area contributed by atoms with E-state index in [0.717, 1.165) is 141 Å². The van der Waals surface area contributed by atoms with Crippen LogP contribution in [0.25, 0.3) is 88.6 Å². The Labute approximate surface area is 775 Å². The summed E-state index contributed by atoms with van der Waals surface area (Å²) in [4.78, 5) is 59.6. The van der Waals surface area contributed by atoms with Crippen molar-refractivity contribution in [3.63, 3.8) is 0 Å². The molecule has 122 heavy (non-hydrogen) atoms. The van der Waals surface area contributed by atoms with Crippen molar-refractivity contribution in [3.8, 4) is 73.8 Å². The topological polar surface area (TPSA) is 247 Å². The van der Waals surface area contributed by atoms with Gasteiger partial charge < -0.3 is 44.1 Å². The molecule has 12 aromatic rings. The van der Waals surface area contributed by atoms with Crippen molar-refractivity contribution in [2.24, 2.45) is 0 Å². The number of aliphatic hydroxyl groups is 4. The van der Waals surface area contributed by atoms with E-state index in [1.807, 2.05) is 103 Å². The van der Waals surface area contributed by atoms with Crippen LogP contribution in [0.15, 0.2) is 205 Å². The van der Waals surface area contributed by atoms with Gasteiger partial charge in [-0.2, -0.15) is 0 Å². The summed E-state index contributed by atoms with van der Waals surface area (Å²) in [6, 6.07) is 66.8. The van der Waals surface area contributed by atoms with Crippen LogP contribution in [-0.4, -0.2) is 99.0 Å². The van der Waals surface area contributed by atoms with Gasteiger partial charge in [-0.15, -0.1) is 135 Å². The van der Waals surface area contributed by atoms with Gasteiger partial charge in [0.1, 0.15) is 23.0 Å². The molecule has 0 amide bonds. The van der Waals surface area contributed by atoms with Crippen LogP contribution in [-0.2, 0) is 118 Å². The minimum absolute atomic E-state index is 0. The molecule has 0 bridgehead atoms. The number of fused-ring (bicyclic) bond motifs is 4. The van der Waals surface area contributed by atoms with Crippen LogP contribution in [0.1, 0.15) is 160 Å². The van der Waals surface area contributed by atoms with E-state index in [4.69, 9.17) is 64.0 Å². The van der Waals surface area contributed by atoms with E-state index in [1.54, 1.807) is 35.5 Å². The molecule has 12 rings (SSSR count). The van der Waals surface area contributed by atoms with E-state index in [0.29, 0.717) is 5.92 Å². The van der Waals surface area contributed by atoms with Crippen molar-refractivity contribution >= 4 is 66.7 Å². The maximum absolute atomic E-state index is 10.0. The molecular formula is C101H114Ir4N4O13-4. The minimum atomic E-state index is -0.125. The largest absolute Gasteiger partial charge is 0.516 e. The third-order valence-corrected chi connectivity index (χ3v) is 17.6. The number of aryl methyl sites for hydroxylation is 7. The standard InChI is InChI=1S/C22H24NO.C20H20NO2.C20H20NO.C19H18NO.4C5H8O2.4Ir/c1-6-15-12-17-14-19(24-5)10-11-20(17)23-21(15)16-8-7-9-18(13-16)22(2,3)4;1-13(2)18-12-15-11-17(23-4)8-9-19(15)21-20(18)14-6-5-7-16(10-14)22-3;1-5-15-11-16-12-18(22-4)6-7-19(16)21-20(15)17-9-13(2)8-14(3)10-17;1-12-5-7-17(13(2)9-12)19-14(3)10-15-11-16(21-4)6-8-18(15)20-19;4*1-4(6)3-5(2)7;;;;/h7,9-14H,6H2,1-5H3;5,7-13H,1-4H3;6-9,11-12H,5H2,1-4H3;5-6,8-11H,1-4H3;4*3,6H,1-2H3;;;;/q4*-1;;;;;;;;. The van der Waals surface area contributed by atoms with Crippen LogP contribution in [0, 0.1) is 58.9 Å². The number of aromatic nitrogens is 4. The maximum atomic E-state index is 10.0. The minimum Gasteiger partial charge on any atom is -0.516 e. The summed E-state index contributed by atoms with van der Waals surface area (Å²) in [5, 5.41) is 37.9.